The van der Waals surface area contributed by atoms with E-state index in [-0.39, 0.29) is 22.8 Å². The van der Waals surface area contributed by atoms with Gasteiger partial charge in [-0.1, -0.05) is 17.7 Å². The van der Waals surface area contributed by atoms with Crippen LogP contribution < -0.4 is 14.9 Å². The second-order valence-corrected chi connectivity index (χ2v) is 7.80. The van der Waals surface area contributed by atoms with E-state index >= 15 is 0 Å². The lowest BCUT2D eigenvalue weighted by Crippen LogP contribution is -2.28. The molecule has 0 saturated heterocycles. The summed E-state index contributed by atoms with van der Waals surface area (Å²) in [5, 5.41) is 19.2. The molecule has 0 aliphatic carbocycles. The third-order valence-electron chi connectivity index (χ3n) is 5.25. The molecule has 1 aromatic heterocycles. The van der Waals surface area contributed by atoms with E-state index < -0.39 is 22.8 Å². The number of ether oxygens (including phenoxy) is 2. The van der Waals surface area contributed by atoms with E-state index in [1.165, 1.54) is 31.9 Å². The van der Waals surface area contributed by atoms with Crippen molar-refractivity contribution in [2.75, 3.05) is 7.11 Å². The van der Waals surface area contributed by atoms with Crippen molar-refractivity contribution in [3.63, 3.8) is 0 Å². The second kappa shape index (κ2) is 10.6. The molecule has 1 amide bonds. The molecule has 1 N–H and O–H groups in total. The van der Waals surface area contributed by atoms with E-state index in [2.05, 4.69) is 15.6 Å². The molecule has 0 saturated carbocycles. The number of hydrogen-bond acceptors (Lipinski definition) is 8. The molecule has 0 aliphatic heterocycles. The van der Waals surface area contributed by atoms with Gasteiger partial charge in [0.2, 0.25) is 0 Å². The summed E-state index contributed by atoms with van der Waals surface area (Å²) in [5.74, 6) is -0.471. The van der Waals surface area contributed by atoms with Gasteiger partial charge in [0.25, 0.3) is 5.91 Å². The summed E-state index contributed by atoms with van der Waals surface area (Å²) in [5.41, 5.74) is 4.71. The highest BCUT2D eigenvalue weighted by Gasteiger charge is 2.26. The quantitative estimate of drug-likeness (QED) is 0.171. The third kappa shape index (κ3) is 5.69. The first kappa shape index (κ1) is 25.1. The van der Waals surface area contributed by atoms with E-state index in [9.17, 15) is 19.7 Å². The summed E-state index contributed by atoms with van der Waals surface area (Å²) in [6.45, 7) is 6.49. The van der Waals surface area contributed by atoms with Gasteiger partial charge in [-0.3, -0.25) is 19.6 Å². The maximum absolute atomic E-state index is 12.5. The van der Waals surface area contributed by atoms with Crippen molar-refractivity contribution in [3.05, 3.63) is 80.7 Å². The lowest BCUT2D eigenvalue weighted by molar-refractivity contribution is -0.386. The number of hydrazone groups is 1. The molecule has 3 rings (SSSR count). The summed E-state index contributed by atoms with van der Waals surface area (Å²) >= 11 is 0. The van der Waals surface area contributed by atoms with E-state index in [0.29, 0.717) is 16.9 Å². The Kier molecular flexibility index (Phi) is 7.59. The Morgan fingerprint density at radius 1 is 1.17 bits per heavy atom. The van der Waals surface area contributed by atoms with Crippen molar-refractivity contribution in [3.8, 4) is 11.5 Å². The first-order chi connectivity index (χ1) is 16.6. The van der Waals surface area contributed by atoms with Crippen molar-refractivity contribution >= 4 is 23.8 Å². The molecule has 1 atom stereocenters. The van der Waals surface area contributed by atoms with Gasteiger partial charge in [-0.05, 0) is 63.6 Å². The number of nitro groups is 1. The van der Waals surface area contributed by atoms with Crippen LogP contribution in [0.5, 0.6) is 11.5 Å². The highest BCUT2D eigenvalue weighted by Crippen LogP contribution is 2.28. The van der Waals surface area contributed by atoms with Crippen LogP contribution in [0.2, 0.25) is 0 Å². The van der Waals surface area contributed by atoms with Crippen molar-refractivity contribution in [1.82, 2.24) is 15.2 Å². The van der Waals surface area contributed by atoms with Gasteiger partial charge in [0.15, 0.2) is 11.5 Å². The largest absolute Gasteiger partial charge is 0.493 e. The fourth-order valence-corrected chi connectivity index (χ4v) is 3.45. The van der Waals surface area contributed by atoms with Crippen LogP contribution in [0.15, 0.2) is 47.6 Å². The number of esters is 1. The van der Waals surface area contributed by atoms with Crippen LogP contribution in [0, 0.1) is 30.9 Å². The fraction of sp³-hybridized carbons (Fsp3) is 0.250. The first-order valence-electron chi connectivity index (χ1n) is 10.6. The zero-order valence-electron chi connectivity index (χ0n) is 19.9. The van der Waals surface area contributed by atoms with Gasteiger partial charge in [0.1, 0.15) is 17.4 Å². The molecule has 182 valence electrons. The monoisotopic (exact) mass is 479 g/mol. The Hall–Kier alpha value is -4.54. The lowest BCUT2D eigenvalue weighted by atomic mass is 10.1. The van der Waals surface area contributed by atoms with Crippen LogP contribution in [0.25, 0.3) is 0 Å². The predicted molar refractivity (Wildman–Crippen MR) is 128 cm³/mol. The number of nitrogens with one attached hydrogen (secondary N) is 1. The van der Waals surface area contributed by atoms with Gasteiger partial charge >= 0.3 is 11.7 Å². The summed E-state index contributed by atoms with van der Waals surface area (Å²) in [4.78, 5) is 35.6. The fourth-order valence-electron chi connectivity index (χ4n) is 3.45. The van der Waals surface area contributed by atoms with Crippen LogP contribution in [0.3, 0.4) is 0 Å². The zero-order valence-corrected chi connectivity index (χ0v) is 19.9. The highest BCUT2D eigenvalue weighted by atomic mass is 16.6. The molecule has 35 heavy (non-hydrogen) atoms. The van der Waals surface area contributed by atoms with Crippen LogP contribution in [-0.2, 0) is 4.79 Å². The molecule has 0 bridgehead atoms. The van der Waals surface area contributed by atoms with Crippen LogP contribution in [0.1, 0.15) is 45.8 Å². The Morgan fingerprint density at radius 3 is 2.54 bits per heavy atom. The average molecular weight is 479 g/mol. The Bertz CT molecular complexity index is 1310. The molecule has 1 unspecified atom stereocenters. The van der Waals surface area contributed by atoms with E-state index in [1.54, 1.807) is 43.3 Å². The van der Waals surface area contributed by atoms with Crippen LogP contribution in [-0.4, -0.2) is 39.9 Å². The molecule has 0 spiro atoms. The smallest absolute Gasteiger partial charge is 0.343 e. The number of aryl methyl sites for hydroxylation is 2. The molecule has 0 aliphatic rings. The Labute approximate surface area is 201 Å². The lowest BCUT2D eigenvalue weighted by Gasteiger charge is -2.12. The molecule has 11 heteroatoms. The van der Waals surface area contributed by atoms with Gasteiger partial charge in [-0.25, -0.2) is 10.2 Å². The van der Waals surface area contributed by atoms with Gasteiger partial charge < -0.3 is 9.47 Å². The maximum atomic E-state index is 12.5. The van der Waals surface area contributed by atoms with Gasteiger partial charge in [-0.2, -0.15) is 10.2 Å². The minimum absolute atomic E-state index is 0.122. The van der Waals surface area contributed by atoms with E-state index in [0.717, 1.165) is 5.56 Å². The van der Waals surface area contributed by atoms with Crippen molar-refractivity contribution in [2.45, 2.75) is 33.7 Å². The summed E-state index contributed by atoms with van der Waals surface area (Å²) < 4.78 is 12.1. The van der Waals surface area contributed by atoms with Crippen molar-refractivity contribution in [2.24, 2.45) is 5.10 Å². The molecule has 11 nitrogen and oxygen atoms in total. The van der Waals surface area contributed by atoms with Crippen LogP contribution >= 0.6 is 0 Å². The maximum Gasteiger partial charge on any atom is 0.343 e. The number of methoxy groups -OCH3 is 1. The second-order valence-electron chi connectivity index (χ2n) is 7.80. The molecule has 1 heterocycles. The minimum atomic E-state index is -0.822. The van der Waals surface area contributed by atoms with E-state index in [1.807, 2.05) is 13.0 Å². The Balaban J connectivity index is 1.68. The summed E-state index contributed by atoms with van der Waals surface area (Å²) in [7, 11) is 1.44. The molecule has 3 aromatic rings. The molecule has 0 fully saturated rings. The molecule has 2 aromatic carbocycles. The number of carbonyl (C=O) groups is 2. The third-order valence-corrected chi connectivity index (χ3v) is 5.25. The zero-order chi connectivity index (χ0) is 25.7. The highest BCUT2D eigenvalue weighted by molar-refractivity contribution is 5.92. The Morgan fingerprint density at radius 2 is 1.91 bits per heavy atom. The van der Waals surface area contributed by atoms with Crippen molar-refractivity contribution in [1.29, 1.82) is 0 Å². The SMILES string of the molecule is COc1cc(C=NNC(=O)C(C)n2nc(C)c([N+](=O)[O-])c2C)ccc1OC(=O)c1cccc(C)c1. The van der Waals surface area contributed by atoms with Gasteiger partial charge in [0, 0.05) is 0 Å². The number of hydrogen-bond donors (Lipinski definition) is 1. The van der Waals surface area contributed by atoms with Crippen LogP contribution in [0.4, 0.5) is 5.69 Å². The predicted octanol–water partition coefficient (Wildman–Crippen LogP) is 3.66. The normalized spacial score (nSPS) is 11.8. The molecular weight excluding hydrogens is 454 g/mol. The number of aromatic nitrogens is 2. The summed E-state index contributed by atoms with van der Waals surface area (Å²) in [6.07, 6.45) is 1.39. The number of amides is 1. The van der Waals surface area contributed by atoms with Gasteiger partial charge in [-0.15, -0.1) is 0 Å². The van der Waals surface area contributed by atoms with E-state index in [4.69, 9.17) is 9.47 Å². The average Bonchev–Trinajstić information content (AvgIpc) is 3.12. The number of nitrogens with zero attached hydrogens (tertiary/aromatic N) is 4. The number of benzene rings is 2. The number of carbonyl (C=O) groups excluding carboxylic acids is 2. The summed E-state index contributed by atoms with van der Waals surface area (Å²) in [6, 6.07) is 11.0. The molecule has 0 radical (unpaired) electrons. The minimum Gasteiger partial charge on any atom is -0.493 e. The number of rotatable bonds is 8. The first-order valence-corrected chi connectivity index (χ1v) is 10.6. The molecular formula is C24H25N5O6. The van der Waals surface area contributed by atoms with Gasteiger partial charge in [0.05, 0.1) is 23.8 Å². The van der Waals surface area contributed by atoms with Crippen molar-refractivity contribution < 1.29 is 24.0 Å². The standard InChI is InChI=1S/C24H25N5O6/c1-14-7-6-8-19(11-14)24(31)35-20-10-9-18(12-21(20)34-5)13-25-26-23(30)17(4)28-16(3)22(29(32)33)15(2)27-28/h6-13,17H,1-5H3,(H,26,30). The topological polar surface area (TPSA) is 138 Å².